The molecule has 0 unspecified atom stereocenters. The number of rotatable bonds is 13. The van der Waals surface area contributed by atoms with Crippen molar-refractivity contribution in [2.24, 2.45) is 5.73 Å². The summed E-state index contributed by atoms with van der Waals surface area (Å²) in [6.07, 6.45) is 1.72. The lowest BCUT2D eigenvalue weighted by Gasteiger charge is -2.30. The predicted molar refractivity (Wildman–Crippen MR) is 136 cm³/mol. The average Bonchev–Trinajstić information content (AvgIpc) is 3.12. The number of aromatic nitrogens is 2. The molecule has 0 bridgehead atoms. The fourth-order valence-electron chi connectivity index (χ4n) is 3.90. The maximum absolute atomic E-state index is 11.6. The predicted octanol–water partition coefficient (Wildman–Crippen LogP) is 3.07. The zero-order valence-corrected chi connectivity index (χ0v) is 23.0. The Balaban J connectivity index is 2.17. The van der Waals surface area contributed by atoms with Crippen molar-refractivity contribution in [1.82, 2.24) is 10.1 Å². The minimum atomic E-state index is -0.856. The first-order chi connectivity index (χ1) is 16.8. The molecule has 2 aromatic rings. The number of ether oxygens (including phenoxy) is 3. The Bertz CT molecular complexity index is 972. The van der Waals surface area contributed by atoms with E-state index in [2.05, 4.69) is 63.5 Å². The summed E-state index contributed by atoms with van der Waals surface area (Å²) >= 11 is 0. The minimum Gasteiger partial charge on any atom is -0.467 e. The number of methoxy groups -OCH3 is 1. The molecule has 0 aliphatic carbocycles. The molecule has 0 atom stereocenters. The first-order valence-electron chi connectivity index (χ1n) is 12.2. The van der Waals surface area contributed by atoms with Crippen molar-refractivity contribution < 1.29 is 28.5 Å². The maximum atomic E-state index is 11.6. The van der Waals surface area contributed by atoms with Gasteiger partial charge in [0.2, 0.25) is 5.69 Å². The molecule has 0 saturated carbocycles. The smallest absolute Gasteiger partial charge is 0.297 e. The van der Waals surface area contributed by atoms with Crippen molar-refractivity contribution in [2.45, 2.75) is 71.8 Å². The van der Waals surface area contributed by atoms with Crippen LogP contribution in [0.15, 0.2) is 16.8 Å². The summed E-state index contributed by atoms with van der Waals surface area (Å²) < 4.78 is 21.4. The van der Waals surface area contributed by atoms with Crippen molar-refractivity contribution in [1.29, 1.82) is 0 Å². The van der Waals surface area contributed by atoms with Crippen LogP contribution in [0.4, 0.5) is 0 Å². The Morgan fingerprint density at radius 2 is 1.75 bits per heavy atom. The number of benzene rings is 1. The second kappa shape index (κ2) is 12.5. The molecule has 0 aliphatic heterocycles. The first kappa shape index (κ1) is 29.5. The normalized spacial score (nSPS) is 12.4. The van der Waals surface area contributed by atoms with Gasteiger partial charge in [0, 0.05) is 23.4 Å². The van der Waals surface area contributed by atoms with E-state index >= 15 is 0 Å². The highest BCUT2D eigenvalue weighted by atomic mass is 16.8. The van der Waals surface area contributed by atoms with Crippen LogP contribution in [0.25, 0.3) is 0 Å². The molecular formula is C26H42N4O6. The number of aryl methyl sites for hydroxylation is 1. The van der Waals surface area contributed by atoms with Crippen molar-refractivity contribution in [3.05, 3.63) is 45.4 Å². The Kier molecular flexibility index (Phi) is 10.3. The standard InChI is InChI=1S/C26H42N4O6/c1-25(2,3)19-14-18(15-20(26(4,5)6)23(19)35-17-34-13-12-33-8)10-9-11-29(7)16-21-22(24(27)31)30(32)36-28-21/h14-15H,9-13,16-17H2,1-8H3,(H2,27,31). The summed E-state index contributed by atoms with van der Waals surface area (Å²) in [6, 6.07) is 4.45. The number of amides is 1. The van der Waals surface area contributed by atoms with Crippen LogP contribution >= 0.6 is 0 Å². The lowest BCUT2D eigenvalue weighted by atomic mass is 9.78. The molecule has 0 aliphatic rings. The summed E-state index contributed by atoms with van der Waals surface area (Å²) in [5, 5.41) is 15.2. The van der Waals surface area contributed by atoms with Gasteiger partial charge in [0.15, 0.2) is 6.79 Å². The lowest BCUT2D eigenvalue weighted by Crippen LogP contribution is -2.35. The molecule has 1 amide bonds. The van der Waals surface area contributed by atoms with Crippen LogP contribution in [0, 0.1) is 5.21 Å². The molecule has 0 spiro atoms. The average molecular weight is 507 g/mol. The molecule has 2 N–H and O–H groups in total. The van der Waals surface area contributed by atoms with E-state index in [1.807, 2.05) is 11.9 Å². The van der Waals surface area contributed by atoms with Crippen molar-refractivity contribution >= 4 is 5.91 Å². The third kappa shape index (κ3) is 8.18. The maximum Gasteiger partial charge on any atom is 0.297 e. The van der Waals surface area contributed by atoms with Gasteiger partial charge in [0.25, 0.3) is 11.6 Å². The zero-order chi connectivity index (χ0) is 27.1. The van der Waals surface area contributed by atoms with Crippen molar-refractivity contribution in [2.75, 3.05) is 40.7 Å². The number of nitrogens with zero attached hydrogens (tertiary/aromatic N) is 3. The third-order valence-corrected chi connectivity index (χ3v) is 5.82. The number of hydrogen-bond donors (Lipinski definition) is 1. The van der Waals surface area contributed by atoms with Gasteiger partial charge in [-0.05, 0) is 47.7 Å². The Hall–Kier alpha value is -2.69. The van der Waals surface area contributed by atoms with Crippen LogP contribution in [-0.2, 0) is 33.3 Å². The van der Waals surface area contributed by atoms with Gasteiger partial charge in [-0.25, -0.2) is 0 Å². The summed E-state index contributed by atoms with van der Waals surface area (Å²) in [5.74, 6) is 0.0229. The number of hydrogen-bond acceptors (Lipinski definition) is 8. The van der Waals surface area contributed by atoms with Gasteiger partial charge in [-0.3, -0.25) is 14.3 Å². The van der Waals surface area contributed by atoms with Gasteiger partial charge >= 0.3 is 0 Å². The molecule has 1 aromatic carbocycles. The van der Waals surface area contributed by atoms with Gasteiger partial charge in [0.05, 0.1) is 19.8 Å². The van der Waals surface area contributed by atoms with Crippen LogP contribution in [0.5, 0.6) is 5.75 Å². The molecule has 0 fully saturated rings. The SMILES string of the molecule is COCCOCOc1c(C(C)(C)C)cc(CCCN(C)Cc2no[n+]([O-])c2C(N)=O)cc1C(C)(C)C. The van der Waals surface area contributed by atoms with E-state index in [1.165, 1.54) is 5.56 Å². The molecular weight excluding hydrogens is 464 g/mol. The summed E-state index contributed by atoms with van der Waals surface area (Å²) in [5.41, 5.74) is 8.51. The van der Waals surface area contributed by atoms with Crippen LogP contribution in [-0.4, -0.2) is 56.7 Å². The fourth-order valence-corrected chi connectivity index (χ4v) is 3.90. The lowest BCUT2D eigenvalue weighted by molar-refractivity contribution is -0.803. The van der Waals surface area contributed by atoms with E-state index in [0.29, 0.717) is 13.2 Å². The van der Waals surface area contributed by atoms with E-state index < -0.39 is 5.91 Å². The molecule has 10 nitrogen and oxygen atoms in total. The van der Waals surface area contributed by atoms with Gasteiger partial charge in [-0.2, -0.15) is 0 Å². The van der Waals surface area contributed by atoms with E-state index in [4.69, 9.17) is 19.9 Å². The highest BCUT2D eigenvalue weighted by molar-refractivity contribution is 5.90. The molecule has 0 radical (unpaired) electrons. The third-order valence-electron chi connectivity index (χ3n) is 5.82. The second-order valence-corrected chi connectivity index (χ2v) is 11.1. The Morgan fingerprint density at radius 1 is 1.14 bits per heavy atom. The number of nitrogens with two attached hydrogens (primary N) is 1. The Labute approximate surface area is 214 Å². The minimum absolute atomic E-state index is 0.0554. The van der Waals surface area contributed by atoms with Crippen LogP contribution in [0.2, 0.25) is 0 Å². The highest BCUT2D eigenvalue weighted by Gasteiger charge is 2.28. The number of carbonyl (C=O) groups excluding carboxylic acids is 1. The molecule has 1 heterocycles. The zero-order valence-electron chi connectivity index (χ0n) is 23.0. The quantitative estimate of drug-likeness (QED) is 0.249. The molecule has 10 heteroatoms. The topological polar surface area (TPSA) is 127 Å². The van der Waals surface area contributed by atoms with Gasteiger partial charge < -0.3 is 25.2 Å². The fraction of sp³-hybridized carbons (Fsp3) is 0.654. The first-order valence-corrected chi connectivity index (χ1v) is 12.2. The molecule has 36 heavy (non-hydrogen) atoms. The highest BCUT2D eigenvalue weighted by Crippen LogP contribution is 2.41. The molecule has 1 aromatic heterocycles. The van der Waals surface area contributed by atoms with E-state index in [1.54, 1.807) is 7.11 Å². The van der Waals surface area contributed by atoms with Gasteiger partial charge in [0.1, 0.15) is 5.75 Å². The van der Waals surface area contributed by atoms with Crippen LogP contribution < -0.4 is 15.4 Å². The monoisotopic (exact) mass is 506 g/mol. The number of carbonyl (C=O) groups is 1. The largest absolute Gasteiger partial charge is 0.467 e. The summed E-state index contributed by atoms with van der Waals surface area (Å²) in [7, 11) is 3.54. The van der Waals surface area contributed by atoms with E-state index in [0.717, 1.165) is 36.3 Å². The summed E-state index contributed by atoms with van der Waals surface area (Å²) in [4.78, 5) is 13.5. The number of primary amides is 1. The molecule has 2 rings (SSSR count). The Morgan fingerprint density at radius 3 is 2.28 bits per heavy atom. The van der Waals surface area contributed by atoms with E-state index in [-0.39, 0.29) is 40.5 Å². The van der Waals surface area contributed by atoms with E-state index in [9.17, 15) is 10.0 Å². The second-order valence-electron chi connectivity index (χ2n) is 11.1. The molecule has 0 saturated heterocycles. The van der Waals surface area contributed by atoms with Crippen LogP contribution in [0.1, 0.15) is 80.8 Å². The molecule has 202 valence electrons. The van der Waals surface area contributed by atoms with Crippen molar-refractivity contribution in [3.63, 3.8) is 0 Å². The summed E-state index contributed by atoms with van der Waals surface area (Å²) in [6.45, 7) is 15.3. The van der Waals surface area contributed by atoms with Gasteiger partial charge in [-0.1, -0.05) is 53.7 Å². The van der Waals surface area contributed by atoms with Crippen LogP contribution in [0.3, 0.4) is 0 Å². The van der Waals surface area contributed by atoms with Crippen molar-refractivity contribution in [3.8, 4) is 5.75 Å². The van der Waals surface area contributed by atoms with Gasteiger partial charge in [-0.15, -0.1) is 0 Å².